The molecule has 27 heteroatoms. The molecule has 92 heavy (non-hydrogen) atoms. The van der Waals surface area contributed by atoms with Gasteiger partial charge in [0.05, 0.1) is 36.9 Å². The van der Waals surface area contributed by atoms with Crippen LogP contribution >= 0.6 is 22.7 Å². The van der Waals surface area contributed by atoms with Crippen LogP contribution in [0.1, 0.15) is 130 Å². The van der Waals surface area contributed by atoms with Gasteiger partial charge < -0.3 is 55.7 Å². The normalized spacial score (nSPS) is 14.2. The molecule has 7 rings (SSSR count). The van der Waals surface area contributed by atoms with E-state index in [-0.39, 0.29) is 88.1 Å². The summed E-state index contributed by atoms with van der Waals surface area (Å²) in [5, 5.41) is 34.3. The molecule has 0 saturated carbocycles. The van der Waals surface area contributed by atoms with Gasteiger partial charge >= 0.3 is 12.1 Å². The Morgan fingerprint density at radius 2 is 1.61 bits per heavy atom. The number of carboxylic acids is 1. The van der Waals surface area contributed by atoms with Crippen LogP contribution in [0.25, 0.3) is 6.08 Å². The molecule has 2 aliphatic rings. The summed E-state index contributed by atoms with van der Waals surface area (Å²) in [5.41, 5.74) is 2.06. The monoisotopic (exact) mass is 1300 g/mol. The predicted octanol–water partition coefficient (Wildman–Crippen LogP) is 8.67. The maximum Gasteiger partial charge on any atom is 0.410 e. The van der Waals surface area contributed by atoms with Crippen LogP contribution < -0.4 is 36.2 Å². The second-order valence-electron chi connectivity index (χ2n) is 24.5. The Morgan fingerprint density at radius 3 is 2.28 bits per heavy atom. The molecule has 7 amide bonds. The van der Waals surface area contributed by atoms with Crippen molar-refractivity contribution in [1.29, 1.82) is 0 Å². The number of allylic oxidation sites excluding steroid dienone is 1. The highest BCUT2D eigenvalue weighted by atomic mass is 32.1. The Hall–Kier alpha value is -9.13. The average molecular weight is 1300 g/mol. The van der Waals surface area contributed by atoms with Crippen LogP contribution in [0, 0.1) is 41.3 Å². The lowest BCUT2D eigenvalue weighted by molar-refractivity contribution is -0.137. The topological polar surface area (TPSA) is 306 Å². The third kappa shape index (κ3) is 20.2. The molecule has 0 fully saturated rings. The van der Waals surface area contributed by atoms with Gasteiger partial charge in [-0.05, 0) is 98.0 Å². The number of imide groups is 1. The molecule has 4 heterocycles. The molecule has 0 spiro atoms. The van der Waals surface area contributed by atoms with Gasteiger partial charge in [-0.25, -0.2) is 23.9 Å². The molecule has 1 unspecified atom stereocenters. The second kappa shape index (κ2) is 31.7. The molecule has 2 aromatic carbocycles. The number of carbonyl (C=O) groups excluding carboxylic acids is 7. The molecular formula is C65H79FN12O12S2. The van der Waals surface area contributed by atoms with Crippen molar-refractivity contribution in [3.63, 3.8) is 0 Å². The number of thiazole rings is 2. The van der Waals surface area contributed by atoms with E-state index in [1.807, 2.05) is 40.7 Å². The number of amides is 7. The number of anilines is 5. The molecule has 1 aliphatic carbocycles. The minimum atomic E-state index is -1.18. The zero-order chi connectivity index (χ0) is 67.0. The van der Waals surface area contributed by atoms with E-state index >= 15 is 4.39 Å². The Morgan fingerprint density at radius 1 is 0.891 bits per heavy atom. The number of nitrogens with one attached hydrogen (secondary N) is 5. The van der Waals surface area contributed by atoms with E-state index in [0.717, 1.165) is 32.6 Å². The van der Waals surface area contributed by atoms with Crippen molar-refractivity contribution < 1.29 is 62.1 Å². The number of aromatic carboxylic acids is 1. The fraction of sp³-hybridized carbons (Fsp3) is 0.446. The summed E-state index contributed by atoms with van der Waals surface area (Å²) in [6.07, 6.45) is 7.54. The molecule has 490 valence electrons. The summed E-state index contributed by atoms with van der Waals surface area (Å²) in [7, 11) is 3.24. The number of halogens is 1. The molecule has 0 saturated heterocycles. The van der Waals surface area contributed by atoms with Crippen molar-refractivity contribution in [3.05, 3.63) is 110 Å². The van der Waals surface area contributed by atoms with Gasteiger partial charge in [-0.3, -0.25) is 33.7 Å². The first-order chi connectivity index (χ1) is 43.5. The fourth-order valence-electron chi connectivity index (χ4n) is 9.32. The second-order valence-corrected chi connectivity index (χ2v) is 26.6. The zero-order valence-corrected chi connectivity index (χ0v) is 55.1. The molecule has 24 nitrogen and oxygen atoms in total. The molecule has 0 radical (unpaired) electrons. The van der Waals surface area contributed by atoms with Crippen molar-refractivity contribution in [2.24, 2.45) is 16.7 Å². The van der Waals surface area contributed by atoms with Crippen molar-refractivity contribution in [2.45, 2.75) is 119 Å². The number of hydrogen-bond acceptors (Lipinski definition) is 19. The van der Waals surface area contributed by atoms with E-state index in [0.29, 0.717) is 57.2 Å². The Balaban J connectivity index is 0.775. The summed E-state index contributed by atoms with van der Waals surface area (Å²) in [6.45, 7) is 17.3. The molecule has 5 aromatic rings. The van der Waals surface area contributed by atoms with E-state index in [1.165, 1.54) is 54.5 Å². The third-order valence-electron chi connectivity index (χ3n) is 14.7. The predicted molar refractivity (Wildman–Crippen MR) is 347 cm³/mol. The van der Waals surface area contributed by atoms with Crippen molar-refractivity contribution >= 4 is 104 Å². The molecule has 3 atom stereocenters. The summed E-state index contributed by atoms with van der Waals surface area (Å²) in [5.74, 6) is 2.26. The number of benzene rings is 2. The van der Waals surface area contributed by atoms with E-state index in [1.54, 1.807) is 67.5 Å². The van der Waals surface area contributed by atoms with E-state index in [2.05, 4.69) is 72.7 Å². The van der Waals surface area contributed by atoms with E-state index < -0.39 is 64.4 Å². The first-order valence-electron chi connectivity index (χ1n) is 30.0. The van der Waals surface area contributed by atoms with Crippen molar-refractivity contribution in [3.8, 4) is 17.6 Å². The maximum absolute atomic E-state index is 15.2. The number of carboxylic acid groups (broad SMARTS) is 1. The van der Waals surface area contributed by atoms with Crippen LogP contribution in [0.3, 0.4) is 0 Å². The number of aryl methyl sites for hydroxylation is 2. The Kier molecular flexibility index (Phi) is 24.3. The van der Waals surface area contributed by atoms with Crippen LogP contribution in [-0.4, -0.2) is 148 Å². The number of aromatic nitrogens is 4. The highest BCUT2D eigenvalue weighted by Gasteiger charge is 2.32. The third-order valence-corrected chi connectivity index (χ3v) is 16.8. The highest BCUT2D eigenvalue weighted by molar-refractivity contribution is 7.16. The lowest BCUT2D eigenvalue weighted by Crippen LogP contribution is -2.54. The maximum atomic E-state index is 15.2. The van der Waals surface area contributed by atoms with Crippen LogP contribution in [0.2, 0.25) is 0 Å². The summed E-state index contributed by atoms with van der Waals surface area (Å²) in [6, 6.07) is 10.7. The SMILES string of the molecule is Cc1cc(N(C)c2nc(C(=O)O)c(CCCOc3ccc(C#CCN(C)C(=O)OCc4ccc(NC(=O)[C@H](C)NC(=O)[C@@H](NC(=O)CC(C)(C)COCC(C)(C)CNC(=O)CCN5C(=O)C=CC5=O)C(C)C)cc4)cc3F)s2)nnc1Nc1nc2c(s1)C=CCC2C. The quantitative estimate of drug-likeness (QED) is 0.0142. The summed E-state index contributed by atoms with van der Waals surface area (Å²) >= 11 is 2.77. The molecule has 3 aromatic heterocycles. The van der Waals surface area contributed by atoms with Crippen LogP contribution in [0.4, 0.5) is 36.8 Å². The van der Waals surface area contributed by atoms with Gasteiger partial charge in [-0.1, -0.05) is 89.9 Å². The van der Waals surface area contributed by atoms with Crippen LogP contribution in [-0.2, 0) is 51.3 Å². The molecule has 6 N–H and O–H groups in total. The Labute approximate surface area is 542 Å². The van der Waals surface area contributed by atoms with E-state index in [4.69, 9.17) is 19.2 Å². The smallest absolute Gasteiger partial charge is 0.410 e. The number of ether oxygens (including phenoxy) is 3. The molecule has 0 bridgehead atoms. The van der Waals surface area contributed by atoms with Gasteiger partial charge in [-0.2, -0.15) is 0 Å². The van der Waals surface area contributed by atoms with Crippen molar-refractivity contribution in [2.75, 3.05) is 69.1 Å². The average Bonchev–Trinajstić information content (AvgIpc) is 1.70. The van der Waals surface area contributed by atoms with Gasteiger partial charge in [0, 0.05) is 79.6 Å². The largest absolute Gasteiger partial charge is 0.491 e. The lowest BCUT2D eigenvalue weighted by atomic mass is 9.89. The van der Waals surface area contributed by atoms with Gasteiger partial charge in [-0.15, -0.1) is 21.5 Å². The van der Waals surface area contributed by atoms with Crippen LogP contribution in [0.5, 0.6) is 5.75 Å². The van der Waals surface area contributed by atoms with Gasteiger partial charge in [0.2, 0.25) is 23.6 Å². The van der Waals surface area contributed by atoms with Gasteiger partial charge in [0.1, 0.15) is 18.7 Å². The lowest BCUT2D eigenvalue weighted by Gasteiger charge is -2.30. The minimum absolute atomic E-state index is 0.00572. The fourth-order valence-corrected chi connectivity index (χ4v) is 11.4. The minimum Gasteiger partial charge on any atom is -0.491 e. The highest BCUT2D eigenvalue weighted by Crippen LogP contribution is 2.37. The molecular weight excluding hydrogens is 1220 g/mol. The Bertz CT molecular complexity index is 3650. The summed E-state index contributed by atoms with van der Waals surface area (Å²) < 4.78 is 32.3. The van der Waals surface area contributed by atoms with E-state index in [9.17, 15) is 43.5 Å². The van der Waals surface area contributed by atoms with Crippen LogP contribution in [0.15, 0.2) is 66.8 Å². The number of carbonyl (C=O) groups is 8. The number of fused-ring (bicyclic) bond motifs is 1. The van der Waals surface area contributed by atoms with Gasteiger partial charge in [0.25, 0.3) is 11.8 Å². The first kappa shape index (κ1) is 70.3. The zero-order valence-electron chi connectivity index (χ0n) is 53.5. The molecule has 1 aliphatic heterocycles. The summed E-state index contributed by atoms with van der Waals surface area (Å²) in [4.78, 5) is 116. The number of nitrogens with zero attached hydrogens (tertiary/aromatic N) is 7. The standard InChI is InChI=1S/C65H79FN12O12S2/c1-38(2)54(70-51(80)33-64(6,7)36-88-37-65(8,9)35-67-50(79)27-29-78-52(81)25-26-53(78)82)59(84)68-41(5)58(83)69-44-22-19-43(20-23-44)34-90-63(87)76(10)28-13-16-42-21-24-46(45(66)32-42)89-30-14-18-48-56(60(85)86)72-62(92-48)77(11)49-31-40(4)57(75-74-49)73-61-71-55-39(3)15-12-17-47(55)91-61/h12,17,19-26,31-32,38-39,41,54H,14-15,18,27-30,33-37H2,1-11H3,(H,67,79)(H,68,84)(H,69,83)(H,70,80)(H,85,86)(H,71,73,75)/t39?,41-,54-/m0/s1. The van der Waals surface area contributed by atoms with Gasteiger partial charge in [0.15, 0.2) is 39.2 Å². The number of rotatable bonds is 30. The first-order valence-corrected chi connectivity index (χ1v) is 31.6. The number of hydrogen-bond donors (Lipinski definition) is 6. The van der Waals surface area contributed by atoms with Crippen molar-refractivity contribution in [1.82, 2.24) is 45.9 Å².